The Bertz CT molecular complexity index is 396. The van der Waals surface area contributed by atoms with Crippen LogP contribution in [0.25, 0.3) is 0 Å². The largest absolute Gasteiger partial charge is 0.504 e. The standard InChI is InChI=1S/C10H11NO4.ClH/c12-8-3-1-2-6(9(8)13)7-4-5-15-10(14)11-7;/h1-3,7,12-13H,4-5H2,(H,11,14);1H/t7-;/m0./s1. The maximum Gasteiger partial charge on any atom is 0.407 e. The number of amides is 1. The van der Waals surface area contributed by atoms with Crippen LogP contribution in [0.3, 0.4) is 0 Å². The van der Waals surface area contributed by atoms with Gasteiger partial charge in [-0.05, 0) is 6.07 Å². The van der Waals surface area contributed by atoms with Gasteiger partial charge in [0.05, 0.1) is 12.6 Å². The molecule has 1 aliphatic heterocycles. The monoisotopic (exact) mass is 245 g/mol. The van der Waals surface area contributed by atoms with Gasteiger partial charge in [0.2, 0.25) is 0 Å². The van der Waals surface area contributed by atoms with Gasteiger partial charge in [0.1, 0.15) is 0 Å². The van der Waals surface area contributed by atoms with E-state index < -0.39 is 6.09 Å². The molecule has 0 saturated carbocycles. The Labute approximate surface area is 98.5 Å². The summed E-state index contributed by atoms with van der Waals surface area (Å²) in [5.74, 6) is -0.377. The predicted octanol–water partition coefficient (Wildman–Crippen LogP) is 1.69. The molecule has 1 saturated heterocycles. The Morgan fingerprint density at radius 2 is 2.12 bits per heavy atom. The third-order valence-corrected chi connectivity index (χ3v) is 2.35. The second-order valence-electron chi connectivity index (χ2n) is 3.34. The summed E-state index contributed by atoms with van der Waals surface area (Å²) in [6.45, 7) is 0.311. The molecule has 1 fully saturated rings. The Kier molecular flexibility index (Phi) is 3.84. The second kappa shape index (κ2) is 4.94. The number of cyclic esters (lactones) is 1. The third kappa shape index (κ3) is 2.30. The summed E-state index contributed by atoms with van der Waals surface area (Å²) < 4.78 is 4.71. The Morgan fingerprint density at radius 3 is 2.81 bits per heavy atom. The number of aromatic hydroxyl groups is 2. The van der Waals surface area contributed by atoms with Gasteiger partial charge in [-0.3, -0.25) is 0 Å². The van der Waals surface area contributed by atoms with E-state index in [1.807, 2.05) is 0 Å². The summed E-state index contributed by atoms with van der Waals surface area (Å²) in [7, 11) is 0. The first-order valence-electron chi connectivity index (χ1n) is 4.62. The molecular formula is C10H12ClNO4. The minimum Gasteiger partial charge on any atom is -0.504 e. The number of halogens is 1. The van der Waals surface area contributed by atoms with Crippen molar-refractivity contribution in [3.8, 4) is 11.5 Å². The highest BCUT2D eigenvalue weighted by Crippen LogP contribution is 2.34. The van der Waals surface area contributed by atoms with E-state index in [2.05, 4.69) is 5.32 Å². The fourth-order valence-electron chi connectivity index (χ4n) is 1.59. The molecule has 1 aliphatic rings. The van der Waals surface area contributed by atoms with Crippen molar-refractivity contribution < 1.29 is 19.7 Å². The van der Waals surface area contributed by atoms with Crippen molar-refractivity contribution in [3.05, 3.63) is 23.8 Å². The average Bonchev–Trinajstić information content (AvgIpc) is 2.22. The number of hydrogen-bond donors (Lipinski definition) is 3. The first-order chi connectivity index (χ1) is 7.18. The number of phenolic OH excluding ortho intramolecular Hbond substituents is 2. The minimum absolute atomic E-state index is 0. The number of para-hydroxylation sites is 1. The molecule has 1 aromatic rings. The number of phenols is 2. The molecule has 3 N–H and O–H groups in total. The van der Waals surface area contributed by atoms with Gasteiger partial charge in [0.15, 0.2) is 11.5 Å². The van der Waals surface area contributed by atoms with Gasteiger partial charge in [-0.1, -0.05) is 12.1 Å². The lowest BCUT2D eigenvalue weighted by atomic mass is 10.0. The summed E-state index contributed by atoms with van der Waals surface area (Å²) in [5.41, 5.74) is 0.506. The number of nitrogens with one attached hydrogen (secondary N) is 1. The van der Waals surface area contributed by atoms with Crippen LogP contribution in [0.1, 0.15) is 18.0 Å². The van der Waals surface area contributed by atoms with Crippen LogP contribution < -0.4 is 5.32 Å². The van der Waals surface area contributed by atoms with Crippen LogP contribution in [0, 0.1) is 0 Å². The van der Waals surface area contributed by atoms with Crippen molar-refractivity contribution in [2.24, 2.45) is 0 Å². The summed E-state index contributed by atoms with van der Waals surface area (Å²) in [5, 5.41) is 21.5. The van der Waals surface area contributed by atoms with Crippen molar-refractivity contribution >= 4 is 18.5 Å². The molecule has 1 atom stereocenters. The van der Waals surface area contributed by atoms with Crippen LogP contribution in [0.15, 0.2) is 18.2 Å². The van der Waals surface area contributed by atoms with Crippen LogP contribution in [0.5, 0.6) is 11.5 Å². The van der Waals surface area contributed by atoms with E-state index in [1.54, 1.807) is 12.1 Å². The molecule has 1 aromatic carbocycles. The third-order valence-electron chi connectivity index (χ3n) is 2.35. The van der Waals surface area contributed by atoms with E-state index in [0.717, 1.165) is 0 Å². The molecule has 0 spiro atoms. The van der Waals surface area contributed by atoms with E-state index in [1.165, 1.54) is 6.07 Å². The molecule has 5 nitrogen and oxygen atoms in total. The van der Waals surface area contributed by atoms with Crippen LogP contribution in [0.4, 0.5) is 4.79 Å². The molecule has 0 unspecified atom stereocenters. The van der Waals surface area contributed by atoms with Gasteiger partial charge < -0.3 is 20.3 Å². The number of carbonyl (C=O) groups excluding carboxylic acids is 1. The van der Waals surface area contributed by atoms with Gasteiger partial charge in [-0.25, -0.2) is 4.79 Å². The zero-order valence-corrected chi connectivity index (χ0v) is 9.16. The topological polar surface area (TPSA) is 78.8 Å². The van der Waals surface area contributed by atoms with E-state index in [0.29, 0.717) is 18.6 Å². The molecule has 16 heavy (non-hydrogen) atoms. The molecule has 0 radical (unpaired) electrons. The van der Waals surface area contributed by atoms with E-state index in [9.17, 15) is 15.0 Å². The molecule has 1 amide bonds. The summed E-state index contributed by atoms with van der Waals surface area (Å²) in [6.07, 6.45) is 0.0666. The van der Waals surface area contributed by atoms with Crippen molar-refractivity contribution in [3.63, 3.8) is 0 Å². The zero-order chi connectivity index (χ0) is 10.8. The van der Waals surface area contributed by atoms with Gasteiger partial charge >= 0.3 is 6.09 Å². The molecule has 6 heteroatoms. The quantitative estimate of drug-likeness (QED) is 0.658. The fraction of sp³-hybridized carbons (Fsp3) is 0.300. The maximum absolute atomic E-state index is 11.0. The first-order valence-corrected chi connectivity index (χ1v) is 4.62. The minimum atomic E-state index is -0.506. The lowest BCUT2D eigenvalue weighted by molar-refractivity contribution is 0.115. The molecular weight excluding hydrogens is 234 g/mol. The highest BCUT2D eigenvalue weighted by atomic mass is 35.5. The SMILES string of the molecule is Cl.O=C1N[C@H](c2cccc(O)c2O)CCO1. The normalized spacial score (nSPS) is 19.2. The highest BCUT2D eigenvalue weighted by Gasteiger charge is 2.23. The average molecular weight is 246 g/mol. The smallest absolute Gasteiger partial charge is 0.407 e. The van der Waals surface area contributed by atoms with Crippen LogP contribution in [-0.2, 0) is 4.74 Å². The lowest BCUT2D eigenvalue weighted by Gasteiger charge is -2.24. The Balaban J connectivity index is 0.00000128. The van der Waals surface area contributed by atoms with Gasteiger partial charge in [0.25, 0.3) is 0 Å². The predicted molar refractivity (Wildman–Crippen MR) is 58.9 cm³/mol. The van der Waals surface area contributed by atoms with Gasteiger partial charge in [-0.2, -0.15) is 0 Å². The zero-order valence-electron chi connectivity index (χ0n) is 8.34. The molecule has 88 valence electrons. The van der Waals surface area contributed by atoms with Gasteiger partial charge in [-0.15, -0.1) is 12.4 Å². The molecule has 0 aromatic heterocycles. The lowest BCUT2D eigenvalue weighted by Crippen LogP contribution is -2.35. The molecule has 0 bridgehead atoms. The number of ether oxygens (including phenoxy) is 1. The molecule has 2 rings (SSSR count). The number of alkyl carbamates (subject to hydrolysis) is 1. The number of carbonyl (C=O) groups is 1. The van der Waals surface area contributed by atoms with Crippen LogP contribution >= 0.6 is 12.4 Å². The van der Waals surface area contributed by atoms with Crippen molar-refractivity contribution in [1.82, 2.24) is 5.32 Å². The van der Waals surface area contributed by atoms with E-state index >= 15 is 0 Å². The summed E-state index contributed by atoms with van der Waals surface area (Å²) in [4.78, 5) is 11.0. The molecule has 0 aliphatic carbocycles. The van der Waals surface area contributed by atoms with Crippen molar-refractivity contribution in [2.75, 3.05) is 6.61 Å². The van der Waals surface area contributed by atoms with E-state index in [4.69, 9.17) is 4.74 Å². The first kappa shape index (κ1) is 12.4. The molecule has 1 heterocycles. The number of benzene rings is 1. The fourth-order valence-corrected chi connectivity index (χ4v) is 1.59. The van der Waals surface area contributed by atoms with Gasteiger partial charge in [0, 0.05) is 12.0 Å². The summed E-state index contributed by atoms with van der Waals surface area (Å²) >= 11 is 0. The van der Waals surface area contributed by atoms with Crippen LogP contribution in [-0.4, -0.2) is 22.9 Å². The highest BCUT2D eigenvalue weighted by molar-refractivity contribution is 5.85. The van der Waals surface area contributed by atoms with Crippen molar-refractivity contribution in [1.29, 1.82) is 0 Å². The maximum atomic E-state index is 11.0. The van der Waals surface area contributed by atoms with Crippen molar-refractivity contribution in [2.45, 2.75) is 12.5 Å². The number of rotatable bonds is 1. The van der Waals surface area contributed by atoms with E-state index in [-0.39, 0.29) is 29.9 Å². The number of hydrogen-bond acceptors (Lipinski definition) is 4. The summed E-state index contributed by atoms with van der Waals surface area (Å²) in [6, 6.07) is 4.36. The second-order valence-corrected chi connectivity index (χ2v) is 3.34. The Morgan fingerprint density at radius 1 is 1.38 bits per heavy atom. The van der Waals surface area contributed by atoms with Crippen LogP contribution in [0.2, 0.25) is 0 Å². The Hall–Kier alpha value is -1.62.